The van der Waals surface area contributed by atoms with Crippen LogP contribution in [0, 0.1) is 0 Å². The second-order valence-electron chi connectivity index (χ2n) is 17.0. The van der Waals surface area contributed by atoms with Crippen LogP contribution in [0.3, 0.4) is 0 Å². The smallest absolute Gasteiger partial charge is 0.306 e. The van der Waals surface area contributed by atoms with Gasteiger partial charge in [0.15, 0.2) is 6.10 Å². The van der Waals surface area contributed by atoms with Crippen molar-refractivity contribution in [1.82, 2.24) is 0 Å². The molecule has 0 aromatic carbocycles. The number of allylic oxidation sites excluding steroid dienone is 4. The second kappa shape index (κ2) is 39.6. The lowest BCUT2D eigenvalue weighted by Gasteiger charge is -2.34. The monoisotopic (exact) mass is 792 g/mol. The molecule has 0 aliphatic carbocycles. The van der Waals surface area contributed by atoms with Gasteiger partial charge in [-0.3, -0.25) is 9.59 Å². The van der Waals surface area contributed by atoms with Gasteiger partial charge in [0.25, 0.3) is 0 Å². The van der Waals surface area contributed by atoms with E-state index in [4.69, 9.17) is 14.2 Å². The molecule has 0 radical (unpaired) electrons. The molecule has 0 rings (SSSR count). The molecule has 0 amide bonds. The van der Waals surface area contributed by atoms with Gasteiger partial charge in [-0.15, -0.1) is 0 Å². The van der Waals surface area contributed by atoms with E-state index in [0.717, 1.165) is 51.4 Å². The van der Waals surface area contributed by atoms with Crippen molar-refractivity contribution in [3.8, 4) is 0 Å². The minimum Gasteiger partial charge on any atom is -0.544 e. The number of carbonyl (C=O) groups excluding carboxylic acids is 3. The number of esters is 2. The first-order chi connectivity index (χ1) is 27.1. The average molecular weight is 792 g/mol. The summed E-state index contributed by atoms with van der Waals surface area (Å²) in [5.74, 6) is -1.73. The molecule has 0 aromatic rings. The number of likely N-dealkylation sites (N-methyl/N-ethyl adjacent to an activating group) is 1. The highest BCUT2D eigenvalue weighted by Crippen LogP contribution is 2.15. The first-order valence-electron chi connectivity index (χ1n) is 23.4. The Morgan fingerprint density at radius 1 is 0.536 bits per heavy atom. The fourth-order valence-electron chi connectivity index (χ4n) is 6.93. The molecule has 0 fully saturated rings. The Bertz CT molecular complexity index is 973. The average Bonchev–Trinajstić information content (AvgIpc) is 3.15. The van der Waals surface area contributed by atoms with Gasteiger partial charge in [0.05, 0.1) is 40.3 Å². The minimum atomic E-state index is -1.12. The summed E-state index contributed by atoms with van der Waals surface area (Å²) in [6.07, 6.45) is 43.3. The lowest BCUT2D eigenvalue weighted by molar-refractivity contribution is -0.889. The normalized spacial score (nSPS) is 13.1. The van der Waals surface area contributed by atoms with Crippen molar-refractivity contribution in [2.75, 3.05) is 41.0 Å². The standard InChI is InChI=1S/C48H89NO7/c1-6-8-10-12-14-16-18-20-22-23-24-25-27-29-31-33-35-37-39-47(51)56-44(42-54-41-40-45(48(52)53)49(3,4)5)43-55-46(50)38-36-34-32-30-28-26-21-19-17-15-13-11-9-7-2/h16,18,22-23,44-45H,6-15,17,19-21,24-43H2,1-5H3/b18-16-,23-22-. The van der Waals surface area contributed by atoms with E-state index >= 15 is 0 Å². The molecule has 8 nitrogen and oxygen atoms in total. The fourth-order valence-corrected chi connectivity index (χ4v) is 6.93. The molecule has 0 aliphatic rings. The number of carboxylic acid groups (broad SMARTS) is 1. The Hall–Kier alpha value is -2.19. The van der Waals surface area contributed by atoms with E-state index in [9.17, 15) is 19.5 Å². The summed E-state index contributed by atoms with van der Waals surface area (Å²) in [7, 11) is 5.41. The van der Waals surface area contributed by atoms with Gasteiger partial charge in [-0.2, -0.15) is 0 Å². The maximum absolute atomic E-state index is 12.7. The Labute approximate surface area is 345 Å². The third kappa shape index (κ3) is 37.4. The van der Waals surface area contributed by atoms with Gasteiger partial charge in [0, 0.05) is 19.3 Å². The van der Waals surface area contributed by atoms with Crippen LogP contribution in [0.15, 0.2) is 24.3 Å². The fraction of sp³-hybridized carbons (Fsp3) is 0.854. The molecule has 0 aromatic heterocycles. The summed E-state index contributed by atoms with van der Waals surface area (Å²) in [5.41, 5.74) is 0. The van der Waals surface area contributed by atoms with Gasteiger partial charge >= 0.3 is 11.9 Å². The number of rotatable bonds is 42. The van der Waals surface area contributed by atoms with Crippen LogP contribution < -0.4 is 5.11 Å². The number of quaternary nitrogens is 1. The van der Waals surface area contributed by atoms with Crippen LogP contribution in [-0.2, 0) is 28.6 Å². The zero-order valence-corrected chi connectivity index (χ0v) is 37.3. The topological polar surface area (TPSA) is 102 Å². The van der Waals surface area contributed by atoms with Crippen molar-refractivity contribution in [2.45, 2.75) is 225 Å². The highest BCUT2D eigenvalue weighted by Gasteiger charge is 2.25. The molecule has 0 heterocycles. The van der Waals surface area contributed by atoms with Crippen molar-refractivity contribution < 1.29 is 38.2 Å². The minimum absolute atomic E-state index is 0.0415. The molecule has 2 atom stereocenters. The molecular weight excluding hydrogens is 703 g/mol. The van der Waals surface area contributed by atoms with Crippen molar-refractivity contribution >= 4 is 17.9 Å². The Balaban J connectivity index is 4.31. The van der Waals surface area contributed by atoms with Crippen molar-refractivity contribution in [1.29, 1.82) is 0 Å². The predicted octanol–water partition coefficient (Wildman–Crippen LogP) is 11.5. The van der Waals surface area contributed by atoms with Crippen LogP contribution in [0.25, 0.3) is 0 Å². The maximum Gasteiger partial charge on any atom is 0.306 e. The molecule has 2 unspecified atom stereocenters. The first-order valence-corrected chi connectivity index (χ1v) is 23.4. The molecule has 328 valence electrons. The van der Waals surface area contributed by atoms with E-state index in [1.54, 1.807) is 21.1 Å². The largest absolute Gasteiger partial charge is 0.544 e. The highest BCUT2D eigenvalue weighted by molar-refractivity contribution is 5.70. The number of hydrogen-bond acceptors (Lipinski definition) is 7. The van der Waals surface area contributed by atoms with E-state index < -0.39 is 18.1 Å². The lowest BCUT2D eigenvalue weighted by Crippen LogP contribution is -2.55. The van der Waals surface area contributed by atoms with Gasteiger partial charge in [0.1, 0.15) is 12.6 Å². The van der Waals surface area contributed by atoms with Crippen molar-refractivity contribution in [3.05, 3.63) is 24.3 Å². The zero-order valence-electron chi connectivity index (χ0n) is 37.3. The first kappa shape index (κ1) is 53.8. The molecule has 0 saturated heterocycles. The number of unbranched alkanes of at least 4 members (excludes halogenated alkanes) is 24. The summed E-state index contributed by atoms with van der Waals surface area (Å²) in [6, 6.07) is -0.724. The van der Waals surface area contributed by atoms with Crippen LogP contribution in [-0.4, -0.2) is 75.5 Å². The number of carboxylic acids is 1. The highest BCUT2D eigenvalue weighted by atomic mass is 16.6. The second-order valence-corrected chi connectivity index (χ2v) is 17.0. The van der Waals surface area contributed by atoms with Crippen LogP contribution >= 0.6 is 0 Å². The van der Waals surface area contributed by atoms with Crippen LogP contribution in [0.5, 0.6) is 0 Å². The third-order valence-electron chi connectivity index (χ3n) is 10.6. The summed E-state index contributed by atoms with van der Waals surface area (Å²) < 4.78 is 17.2. The van der Waals surface area contributed by atoms with Crippen molar-refractivity contribution in [2.24, 2.45) is 0 Å². The SMILES string of the molecule is CCCCCC/C=C\C/C=C\CCCCCCCCCC(=O)OC(COCCC(C(=O)[O-])[N+](C)(C)C)COC(=O)CCCCCCCCCCCCCCCC. The molecule has 0 aliphatic heterocycles. The zero-order chi connectivity index (χ0) is 41.4. The van der Waals surface area contributed by atoms with E-state index in [-0.39, 0.29) is 42.7 Å². The number of nitrogens with zero attached hydrogens (tertiary/aromatic N) is 1. The van der Waals surface area contributed by atoms with E-state index in [1.165, 1.54) is 128 Å². The predicted molar refractivity (Wildman–Crippen MR) is 231 cm³/mol. The Morgan fingerprint density at radius 2 is 0.946 bits per heavy atom. The molecule has 0 bridgehead atoms. The van der Waals surface area contributed by atoms with E-state index in [0.29, 0.717) is 12.8 Å². The van der Waals surface area contributed by atoms with Crippen LogP contribution in [0.4, 0.5) is 0 Å². The Morgan fingerprint density at radius 3 is 1.39 bits per heavy atom. The van der Waals surface area contributed by atoms with Gasteiger partial charge in [-0.05, 0) is 44.9 Å². The third-order valence-corrected chi connectivity index (χ3v) is 10.6. The maximum atomic E-state index is 12.7. The summed E-state index contributed by atoms with van der Waals surface area (Å²) >= 11 is 0. The molecule has 0 saturated carbocycles. The number of aliphatic carboxylic acids is 1. The quantitative estimate of drug-likeness (QED) is 0.0262. The molecule has 0 N–H and O–H groups in total. The summed E-state index contributed by atoms with van der Waals surface area (Å²) in [6.45, 7) is 4.66. The molecule has 56 heavy (non-hydrogen) atoms. The van der Waals surface area contributed by atoms with Crippen LogP contribution in [0.2, 0.25) is 0 Å². The van der Waals surface area contributed by atoms with E-state index in [1.807, 2.05) is 0 Å². The van der Waals surface area contributed by atoms with Gasteiger partial charge in [-0.1, -0.05) is 173 Å². The van der Waals surface area contributed by atoms with Gasteiger partial charge < -0.3 is 28.6 Å². The summed E-state index contributed by atoms with van der Waals surface area (Å²) in [5, 5.41) is 11.6. The Kier molecular flexibility index (Phi) is 38.1. The molecule has 8 heteroatoms. The number of ether oxygens (including phenoxy) is 3. The summed E-state index contributed by atoms with van der Waals surface area (Å²) in [4.78, 5) is 36.9. The van der Waals surface area contributed by atoms with Crippen LogP contribution in [0.1, 0.15) is 213 Å². The number of carbonyl (C=O) groups is 3. The molecular formula is C48H89NO7. The molecule has 0 spiro atoms. The van der Waals surface area contributed by atoms with Crippen molar-refractivity contribution in [3.63, 3.8) is 0 Å². The van der Waals surface area contributed by atoms with Gasteiger partial charge in [0.2, 0.25) is 0 Å². The van der Waals surface area contributed by atoms with Gasteiger partial charge in [-0.25, -0.2) is 0 Å². The lowest BCUT2D eigenvalue weighted by atomic mass is 10.0. The van der Waals surface area contributed by atoms with E-state index in [2.05, 4.69) is 38.2 Å². The number of hydrogen-bond donors (Lipinski definition) is 0.